The molecular formula is C19H19N11O3. The predicted molar refractivity (Wildman–Crippen MR) is 115 cm³/mol. The number of carbonyl (C=O) groups is 2. The Hall–Kier alpha value is -4.55. The maximum atomic E-state index is 12.0. The van der Waals surface area contributed by atoms with E-state index in [9.17, 15) is 9.59 Å². The molecule has 0 radical (unpaired) electrons. The number of nitrogens with one attached hydrogen (secondary N) is 2. The fourth-order valence-corrected chi connectivity index (χ4v) is 2.42. The Morgan fingerprint density at radius 1 is 0.970 bits per heavy atom. The number of hydrogen-bond acceptors (Lipinski definition) is 10. The zero-order chi connectivity index (χ0) is 23.3. The minimum Gasteiger partial charge on any atom is -0.381 e. The maximum Gasteiger partial charge on any atom is 0.243 e. The molecule has 3 aromatic rings. The Kier molecular flexibility index (Phi) is 8.65. The van der Waals surface area contributed by atoms with E-state index < -0.39 is 5.91 Å². The molecule has 0 bridgehead atoms. The van der Waals surface area contributed by atoms with E-state index in [0.29, 0.717) is 22.9 Å². The molecule has 14 nitrogen and oxygen atoms in total. The molecule has 3 aromatic heterocycles. The lowest BCUT2D eigenvalue weighted by Crippen LogP contribution is -2.33. The molecule has 0 atom stereocenters. The highest BCUT2D eigenvalue weighted by atomic mass is 16.5. The average molecular weight is 449 g/mol. The van der Waals surface area contributed by atoms with Gasteiger partial charge in [-0.1, -0.05) is 11.2 Å². The van der Waals surface area contributed by atoms with Crippen LogP contribution in [0.3, 0.4) is 0 Å². The van der Waals surface area contributed by atoms with Crippen LogP contribution >= 0.6 is 0 Å². The van der Waals surface area contributed by atoms with Gasteiger partial charge in [-0.15, -0.1) is 20.4 Å². The van der Waals surface area contributed by atoms with Gasteiger partial charge in [0.05, 0.1) is 31.6 Å². The molecule has 0 saturated carbocycles. The summed E-state index contributed by atoms with van der Waals surface area (Å²) in [5, 5.41) is 24.5. The van der Waals surface area contributed by atoms with Crippen molar-refractivity contribution in [1.82, 2.24) is 35.7 Å². The summed E-state index contributed by atoms with van der Waals surface area (Å²) < 4.78 is 5.13. The number of amides is 2. The molecule has 0 aliphatic rings. The van der Waals surface area contributed by atoms with Crippen molar-refractivity contribution >= 4 is 17.5 Å². The standard InChI is InChI=1S/C19H19N11O3/c20-30-24-8-10-33-9-6-16(31)23-12-17(32)25-13-4-5-15(22-11-13)19-28-26-18(27-29-19)14-3-1-2-7-21-14/h1-5,7,11H,6,8-10,12H2,(H,23,31)(H,25,32). The SMILES string of the molecule is [N-]=[N+]=NCCOCCC(=O)NCC(=O)Nc1ccc(-c2nnc(-c3ccccn3)nn2)nc1. The molecule has 3 rings (SSSR count). The Morgan fingerprint density at radius 3 is 2.36 bits per heavy atom. The molecule has 0 aliphatic carbocycles. The van der Waals surface area contributed by atoms with Crippen LogP contribution in [0.25, 0.3) is 33.5 Å². The normalized spacial score (nSPS) is 10.2. The minimum absolute atomic E-state index is 0.0843. The van der Waals surface area contributed by atoms with E-state index in [1.807, 2.05) is 6.07 Å². The summed E-state index contributed by atoms with van der Waals surface area (Å²) in [6.45, 7) is 0.384. The smallest absolute Gasteiger partial charge is 0.243 e. The van der Waals surface area contributed by atoms with Gasteiger partial charge in [-0.2, -0.15) is 0 Å². The summed E-state index contributed by atoms with van der Waals surface area (Å²) in [6.07, 6.45) is 3.14. The van der Waals surface area contributed by atoms with E-state index in [0.717, 1.165) is 0 Å². The Morgan fingerprint density at radius 2 is 1.73 bits per heavy atom. The zero-order valence-corrected chi connectivity index (χ0v) is 17.3. The first kappa shape index (κ1) is 23.1. The van der Waals surface area contributed by atoms with Crippen LogP contribution in [0.1, 0.15) is 6.42 Å². The second kappa shape index (κ2) is 12.3. The number of hydrogen-bond donors (Lipinski definition) is 2. The monoisotopic (exact) mass is 449 g/mol. The minimum atomic E-state index is -0.415. The van der Waals surface area contributed by atoms with Crippen LogP contribution in [0.15, 0.2) is 47.8 Å². The van der Waals surface area contributed by atoms with Crippen molar-refractivity contribution in [3.8, 4) is 23.0 Å². The summed E-state index contributed by atoms with van der Waals surface area (Å²) in [7, 11) is 0. The van der Waals surface area contributed by atoms with E-state index >= 15 is 0 Å². The van der Waals surface area contributed by atoms with Gasteiger partial charge in [-0.05, 0) is 29.8 Å². The molecule has 0 fully saturated rings. The molecule has 2 N–H and O–H groups in total. The van der Waals surface area contributed by atoms with E-state index in [1.54, 1.807) is 30.5 Å². The van der Waals surface area contributed by atoms with Crippen LogP contribution < -0.4 is 10.6 Å². The fourth-order valence-electron chi connectivity index (χ4n) is 2.42. The van der Waals surface area contributed by atoms with Crippen LogP contribution in [-0.2, 0) is 14.3 Å². The number of nitrogens with zero attached hydrogens (tertiary/aromatic N) is 9. The topological polar surface area (TPSA) is 194 Å². The lowest BCUT2D eigenvalue weighted by molar-refractivity contribution is -0.125. The van der Waals surface area contributed by atoms with E-state index in [1.165, 1.54) is 6.20 Å². The molecule has 0 aromatic carbocycles. The largest absolute Gasteiger partial charge is 0.381 e. The molecular weight excluding hydrogens is 430 g/mol. The lowest BCUT2D eigenvalue weighted by Gasteiger charge is -2.07. The van der Waals surface area contributed by atoms with Crippen molar-refractivity contribution in [2.75, 3.05) is 31.6 Å². The van der Waals surface area contributed by atoms with Crippen molar-refractivity contribution in [3.63, 3.8) is 0 Å². The Labute approximate surface area is 187 Å². The van der Waals surface area contributed by atoms with Gasteiger partial charge in [-0.3, -0.25) is 19.6 Å². The number of azide groups is 1. The van der Waals surface area contributed by atoms with E-state index in [2.05, 4.69) is 51.0 Å². The first-order valence-corrected chi connectivity index (χ1v) is 9.76. The summed E-state index contributed by atoms with van der Waals surface area (Å²) in [6, 6.07) is 8.57. The summed E-state index contributed by atoms with van der Waals surface area (Å²) >= 11 is 0. The fraction of sp³-hybridized carbons (Fsp3) is 0.263. The highest BCUT2D eigenvalue weighted by Gasteiger charge is 2.10. The Bertz CT molecular complexity index is 1100. The molecule has 0 saturated heterocycles. The second-order valence-electron chi connectivity index (χ2n) is 6.34. The lowest BCUT2D eigenvalue weighted by atomic mass is 10.3. The molecule has 0 unspecified atom stereocenters. The summed E-state index contributed by atoms with van der Waals surface area (Å²) in [5.41, 5.74) is 9.55. The molecule has 33 heavy (non-hydrogen) atoms. The van der Waals surface area contributed by atoms with Gasteiger partial charge in [0.25, 0.3) is 0 Å². The second-order valence-corrected chi connectivity index (χ2v) is 6.34. The third kappa shape index (κ3) is 7.57. The maximum absolute atomic E-state index is 12.0. The quantitative estimate of drug-likeness (QED) is 0.187. The Balaban J connectivity index is 1.43. The van der Waals surface area contributed by atoms with Crippen LogP contribution in [0.4, 0.5) is 5.69 Å². The van der Waals surface area contributed by atoms with Gasteiger partial charge < -0.3 is 15.4 Å². The number of anilines is 1. The van der Waals surface area contributed by atoms with Crippen molar-refractivity contribution in [2.45, 2.75) is 6.42 Å². The van der Waals surface area contributed by atoms with Crippen molar-refractivity contribution in [1.29, 1.82) is 0 Å². The predicted octanol–water partition coefficient (Wildman–Crippen LogP) is 1.16. The van der Waals surface area contributed by atoms with Crippen LogP contribution in [0, 0.1) is 0 Å². The van der Waals surface area contributed by atoms with Gasteiger partial charge >= 0.3 is 0 Å². The molecule has 168 valence electrons. The van der Waals surface area contributed by atoms with Gasteiger partial charge in [-0.25, -0.2) is 0 Å². The van der Waals surface area contributed by atoms with Crippen molar-refractivity contribution in [2.24, 2.45) is 5.11 Å². The van der Waals surface area contributed by atoms with E-state index in [4.69, 9.17) is 10.3 Å². The van der Waals surface area contributed by atoms with Crippen LogP contribution in [0.2, 0.25) is 0 Å². The average Bonchev–Trinajstić information content (AvgIpc) is 2.86. The highest BCUT2D eigenvalue weighted by molar-refractivity contribution is 5.94. The van der Waals surface area contributed by atoms with Crippen molar-refractivity contribution in [3.05, 3.63) is 53.2 Å². The zero-order valence-electron chi connectivity index (χ0n) is 17.3. The number of ether oxygens (including phenoxy) is 1. The van der Waals surface area contributed by atoms with Gasteiger partial charge in [0.2, 0.25) is 23.5 Å². The van der Waals surface area contributed by atoms with Crippen molar-refractivity contribution < 1.29 is 14.3 Å². The summed E-state index contributed by atoms with van der Waals surface area (Å²) in [4.78, 5) is 34.6. The van der Waals surface area contributed by atoms with Gasteiger partial charge in [0.1, 0.15) is 11.4 Å². The number of carbonyl (C=O) groups excluding carboxylic acids is 2. The third-order valence-electron chi connectivity index (χ3n) is 3.97. The van der Waals surface area contributed by atoms with Gasteiger partial charge in [0, 0.05) is 24.1 Å². The third-order valence-corrected chi connectivity index (χ3v) is 3.97. The molecule has 0 spiro atoms. The van der Waals surface area contributed by atoms with Crippen LogP contribution in [-0.4, -0.2) is 68.5 Å². The van der Waals surface area contributed by atoms with Gasteiger partial charge in [0.15, 0.2) is 0 Å². The first-order chi connectivity index (χ1) is 16.2. The number of rotatable bonds is 11. The highest BCUT2D eigenvalue weighted by Crippen LogP contribution is 2.14. The molecule has 0 aliphatic heterocycles. The van der Waals surface area contributed by atoms with Crippen LogP contribution in [0.5, 0.6) is 0 Å². The van der Waals surface area contributed by atoms with E-state index in [-0.39, 0.29) is 44.5 Å². The number of aromatic nitrogens is 6. The molecule has 3 heterocycles. The first-order valence-electron chi connectivity index (χ1n) is 9.76. The molecule has 2 amide bonds. The summed E-state index contributed by atoms with van der Waals surface area (Å²) in [5.74, 6) is -0.235. The number of pyridine rings is 2. The molecule has 14 heteroatoms.